The fourth-order valence-electron chi connectivity index (χ4n) is 2.10. The molecule has 0 bridgehead atoms. The monoisotopic (exact) mass is 303 g/mol. The maximum Gasteiger partial charge on any atom is 0.237 e. The summed E-state index contributed by atoms with van der Waals surface area (Å²) in [6, 6.07) is 9.62. The zero-order valence-electron chi connectivity index (χ0n) is 12.8. The van der Waals surface area contributed by atoms with Crippen molar-refractivity contribution >= 4 is 0 Å². The Morgan fingerprint density at radius 2 is 1.95 bits per heavy atom. The average Bonchev–Trinajstić information content (AvgIpc) is 2.52. The number of ether oxygens (including phenoxy) is 1. The average molecular weight is 303 g/mol. The molecule has 0 saturated carbocycles. The lowest BCUT2D eigenvalue weighted by atomic mass is 10.1. The van der Waals surface area contributed by atoms with Gasteiger partial charge in [0, 0.05) is 0 Å². The zero-order chi connectivity index (χ0) is 16.1. The Kier molecular flexibility index (Phi) is 5.16. The van der Waals surface area contributed by atoms with Crippen molar-refractivity contribution in [1.82, 2.24) is 9.71 Å². The quantitative estimate of drug-likeness (QED) is 0.710. The van der Waals surface area contributed by atoms with Gasteiger partial charge < -0.3 is 15.1 Å². The molecule has 0 amide bonds. The minimum absolute atomic E-state index is 0.0815. The molecule has 0 aliphatic heterocycles. The van der Waals surface area contributed by atoms with Gasteiger partial charge in [-0.2, -0.15) is 4.73 Å². The number of benzene rings is 1. The van der Waals surface area contributed by atoms with Gasteiger partial charge in [0.25, 0.3) is 0 Å². The predicted octanol–water partition coefficient (Wildman–Crippen LogP) is 1.87. The molecule has 1 aromatic carbocycles. The summed E-state index contributed by atoms with van der Waals surface area (Å²) in [7, 11) is 0. The molecule has 1 aromatic heterocycles. The highest BCUT2D eigenvalue weighted by Gasteiger charge is 2.16. The summed E-state index contributed by atoms with van der Waals surface area (Å²) in [6.45, 7) is 3.89. The SMILES string of the molecule is CC(C)Cc1c(OCc2ccccc2)nc(CO)c(=N)n1O. The Hall–Kier alpha value is -2.34. The molecule has 6 nitrogen and oxygen atoms in total. The van der Waals surface area contributed by atoms with E-state index < -0.39 is 6.61 Å². The van der Waals surface area contributed by atoms with Gasteiger partial charge in [-0.3, -0.25) is 5.41 Å². The molecule has 0 unspecified atom stereocenters. The molecule has 118 valence electrons. The van der Waals surface area contributed by atoms with Gasteiger partial charge >= 0.3 is 0 Å². The third-order valence-corrected chi connectivity index (χ3v) is 3.19. The van der Waals surface area contributed by atoms with Crippen molar-refractivity contribution < 1.29 is 15.1 Å². The fourth-order valence-corrected chi connectivity index (χ4v) is 2.10. The second-order valence-electron chi connectivity index (χ2n) is 5.50. The Labute approximate surface area is 129 Å². The molecule has 2 aromatic rings. The van der Waals surface area contributed by atoms with E-state index in [1.54, 1.807) is 0 Å². The van der Waals surface area contributed by atoms with Gasteiger partial charge in [-0.05, 0) is 17.9 Å². The first kappa shape index (κ1) is 16.0. The molecule has 3 N–H and O–H groups in total. The van der Waals surface area contributed by atoms with Crippen LogP contribution in [0.25, 0.3) is 0 Å². The molecule has 0 saturated heterocycles. The first-order valence-corrected chi connectivity index (χ1v) is 7.19. The number of aromatic nitrogens is 2. The molecule has 0 aliphatic rings. The van der Waals surface area contributed by atoms with Crippen LogP contribution >= 0.6 is 0 Å². The van der Waals surface area contributed by atoms with Gasteiger partial charge in [-0.25, -0.2) is 4.98 Å². The van der Waals surface area contributed by atoms with Crippen LogP contribution in [0, 0.1) is 11.3 Å². The summed E-state index contributed by atoms with van der Waals surface area (Å²) in [4.78, 5) is 4.18. The maximum absolute atomic E-state index is 10.1. The second-order valence-corrected chi connectivity index (χ2v) is 5.50. The number of rotatable bonds is 6. The van der Waals surface area contributed by atoms with Crippen LogP contribution in [-0.2, 0) is 19.6 Å². The third kappa shape index (κ3) is 3.65. The number of aliphatic hydroxyl groups excluding tert-OH is 1. The Morgan fingerprint density at radius 3 is 2.55 bits per heavy atom. The standard InChI is InChI=1S/C16H21N3O3/c1-11(2)8-14-16(18-13(9-20)15(17)19(14)21)22-10-12-6-4-3-5-7-12/h3-7,11,17,20-21H,8-10H2,1-2H3. The number of aliphatic hydroxyl groups is 1. The van der Waals surface area contributed by atoms with Crippen LogP contribution in [0.3, 0.4) is 0 Å². The van der Waals surface area contributed by atoms with Gasteiger partial charge in [0.2, 0.25) is 5.88 Å². The molecule has 0 atom stereocenters. The predicted molar refractivity (Wildman–Crippen MR) is 80.5 cm³/mol. The van der Waals surface area contributed by atoms with Gasteiger partial charge in [-0.15, -0.1) is 0 Å². The van der Waals surface area contributed by atoms with E-state index in [4.69, 9.17) is 10.1 Å². The summed E-state index contributed by atoms with van der Waals surface area (Å²) in [5, 5.41) is 27.2. The van der Waals surface area contributed by atoms with Crippen LogP contribution in [0.2, 0.25) is 0 Å². The third-order valence-electron chi connectivity index (χ3n) is 3.19. The van der Waals surface area contributed by atoms with Crippen LogP contribution in [0.5, 0.6) is 5.88 Å². The molecular formula is C16H21N3O3. The smallest absolute Gasteiger partial charge is 0.237 e. The van der Waals surface area contributed by atoms with E-state index in [1.807, 2.05) is 44.2 Å². The Morgan fingerprint density at radius 1 is 1.27 bits per heavy atom. The van der Waals surface area contributed by atoms with Crippen LogP contribution < -0.4 is 10.2 Å². The topological polar surface area (TPSA) is 91.4 Å². The van der Waals surface area contributed by atoms with E-state index in [9.17, 15) is 10.3 Å². The maximum atomic E-state index is 10.1. The van der Waals surface area contributed by atoms with Gasteiger partial charge in [0.15, 0.2) is 5.49 Å². The molecule has 22 heavy (non-hydrogen) atoms. The van der Waals surface area contributed by atoms with E-state index in [0.29, 0.717) is 18.7 Å². The fraction of sp³-hybridized carbons (Fsp3) is 0.375. The minimum atomic E-state index is -0.428. The highest BCUT2D eigenvalue weighted by Crippen LogP contribution is 2.19. The summed E-state index contributed by atoms with van der Waals surface area (Å²) >= 11 is 0. The molecule has 0 fully saturated rings. The number of nitrogens with zero attached hydrogens (tertiary/aromatic N) is 2. The van der Waals surface area contributed by atoms with Crippen molar-refractivity contribution in [1.29, 1.82) is 5.41 Å². The van der Waals surface area contributed by atoms with Crippen molar-refractivity contribution in [2.75, 3.05) is 0 Å². The van der Waals surface area contributed by atoms with Gasteiger partial charge in [0.05, 0.1) is 6.61 Å². The molecule has 1 heterocycles. The number of hydrogen-bond donors (Lipinski definition) is 3. The van der Waals surface area contributed by atoms with Gasteiger partial charge in [0.1, 0.15) is 18.0 Å². The van der Waals surface area contributed by atoms with Crippen molar-refractivity contribution in [3.05, 3.63) is 52.8 Å². The van der Waals surface area contributed by atoms with E-state index in [0.717, 1.165) is 10.3 Å². The van der Waals surface area contributed by atoms with Crippen LogP contribution in [-0.4, -0.2) is 20.0 Å². The van der Waals surface area contributed by atoms with Crippen LogP contribution in [0.1, 0.15) is 30.8 Å². The molecule has 0 spiro atoms. The van der Waals surface area contributed by atoms with Crippen molar-refractivity contribution in [2.24, 2.45) is 5.92 Å². The summed E-state index contributed by atoms with van der Waals surface area (Å²) in [5.41, 5.74) is 1.28. The molecule has 0 radical (unpaired) electrons. The summed E-state index contributed by atoms with van der Waals surface area (Å²) in [6.07, 6.45) is 0.519. The van der Waals surface area contributed by atoms with Crippen LogP contribution in [0.15, 0.2) is 30.3 Å². The van der Waals surface area contributed by atoms with E-state index in [-0.39, 0.29) is 23.0 Å². The Bertz CT molecular complexity index is 681. The molecule has 6 heteroatoms. The first-order chi connectivity index (χ1) is 10.5. The minimum Gasteiger partial charge on any atom is -0.471 e. The van der Waals surface area contributed by atoms with Crippen molar-refractivity contribution in [3.8, 4) is 5.88 Å². The lowest BCUT2D eigenvalue weighted by Crippen LogP contribution is -2.28. The normalized spacial score (nSPS) is 10.9. The lowest BCUT2D eigenvalue weighted by molar-refractivity contribution is 0.142. The van der Waals surface area contributed by atoms with E-state index in [1.165, 1.54) is 0 Å². The van der Waals surface area contributed by atoms with E-state index >= 15 is 0 Å². The first-order valence-electron chi connectivity index (χ1n) is 7.19. The highest BCUT2D eigenvalue weighted by atomic mass is 16.5. The number of hydrogen-bond acceptors (Lipinski definition) is 5. The molecule has 2 rings (SSSR count). The lowest BCUT2D eigenvalue weighted by Gasteiger charge is -2.16. The van der Waals surface area contributed by atoms with E-state index in [2.05, 4.69) is 4.98 Å². The molecular weight excluding hydrogens is 282 g/mol. The summed E-state index contributed by atoms with van der Waals surface area (Å²) in [5.74, 6) is 0.513. The number of nitrogens with one attached hydrogen (secondary N) is 1. The second kappa shape index (κ2) is 7.09. The Balaban J connectivity index is 2.35. The summed E-state index contributed by atoms with van der Waals surface area (Å²) < 4.78 is 6.46. The largest absolute Gasteiger partial charge is 0.471 e. The van der Waals surface area contributed by atoms with Crippen molar-refractivity contribution in [3.63, 3.8) is 0 Å². The van der Waals surface area contributed by atoms with Gasteiger partial charge in [-0.1, -0.05) is 44.2 Å². The highest BCUT2D eigenvalue weighted by molar-refractivity contribution is 5.22. The zero-order valence-corrected chi connectivity index (χ0v) is 12.8. The van der Waals surface area contributed by atoms with Crippen molar-refractivity contribution in [2.45, 2.75) is 33.5 Å². The van der Waals surface area contributed by atoms with Crippen LogP contribution in [0.4, 0.5) is 0 Å². The molecule has 0 aliphatic carbocycles.